The first-order chi connectivity index (χ1) is 6.18. The summed E-state index contributed by atoms with van der Waals surface area (Å²) in [4.78, 5) is 3.91. The molecule has 4 nitrogen and oxygen atoms in total. The maximum absolute atomic E-state index is 7.24. The monoisotopic (exact) mass is 194 g/mol. The summed E-state index contributed by atoms with van der Waals surface area (Å²) >= 11 is 5.81. The van der Waals surface area contributed by atoms with Crippen molar-refractivity contribution in [1.29, 1.82) is 5.41 Å². The molecule has 0 fully saturated rings. The molecule has 2 heterocycles. The van der Waals surface area contributed by atoms with Gasteiger partial charge in [-0.15, -0.1) is 0 Å². The first kappa shape index (κ1) is 8.07. The number of nitrogens with two attached hydrogens (primary N) is 1. The van der Waals surface area contributed by atoms with Crippen molar-refractivity contribution in [2.24, 2.45) is 5.73 Å². The number of nitrogens with one attached hydrogen (secondary N) is 1. The van der Waals surface area contributed by atoms with Crippen molar-refractivity contribution in [3.05, 3.63) is 35.4 Å². The number of amidine groups is 1. The summed E-state index contributed by atoms with van der Waals surface area (Å²) in [5, 5.41) is 7.66. The molecule has 0 aliphatic rings. The average Bonchev–Trinajstić information content (AvgIpc) is 2.47. The highest BCUT2D eigenvalue weighted by molar-refractivity contribution is 6.32. The fourth-order valence-electron chi connectivity index (χ4n) is 1.12. The maximum atomic E-state index is 7.24. The van der Waals surface area contributed by atoms with Crippen molar-refractivity contribution in [2.75, 3.05) is 0 Å². The molecule has 0 bridgehead atoms. The van der Waals surface area contributed by atoms with Crippen LogP contribution in [0.4, 0.5) is 0 Å². The lowest BCUT2D eigenvalue weighted by Crippen LogP contribution is -2.10. The number of hydrogen-bond donors (Lipinski definition) is 2. The topological polar surface area (TPSA) is 67.2 Å². The third-order valence-electron chi connectivity index (χ3n) is 1.80. The van der Waals surface area contributed by atoms with Gasteiger partial charge in [0.1, 0.15) is 12.2 Å². The average molecular weight is 195 g/mol. The Bertz CT molecular complexity index is 474. The lowest BCUT2D eigenvalue weighted by Gasteiger charge is -1.98. The molecule has 0 spiro atoms. The fraction of sp³-hybridized carbons (Fsp3) is 0. The van der Waals surface area contributed by atoms with E-state index in [1.165, 1.54) is 0 Å². The number of fused-ring (bicyclic) bond motifs is 1. The smallest absolute Gasteiger partial charge is 0.154 e. The van der Waals surface area contributed by atoms with Gasteiger partial charge in [-0.1, -0.05) is 11.6 Å². The summed E-state index contributed by atoms with van der Waals surface area (Å²) in [7, 11) is 0. The van der Waals surface area contributed by atoms with E-state index in [-0.39, 0.29) is 5.84 Å². The molecule has 13 heavy (non-hydrogen) atoms. The van der Waals surface area contributed by atoms with Gasteiger partial charge in [-0.2, -0.15) is 0 Å². The van der Waals surface area contributed by atoms with Gasteiger partial charge in [-0.3, -0.25) is 5.41 Å². The summed E-state index contributed by atoms with van der Waals surface area (Å²) in [5.41, 5.74) is 6.74. The number of imidazole rings is 1. The van der Waals surface area contributed by atoms with Crippen LogP contribution in [0.5, 0.6) is 0 Å². The van der Waals surface area contributed by atoms with Crippen molar-refractivity contribution in [1.82, 2.24) is 9.38 Å². The van der Waals surface area contributed by atoms with E-state index < -0.39 is 0 Å². The minimum Gasteiger partial charge on any atom is -0.384 e. The summed E-state index contributed by atoms with van der Waals surface area (Å²) in [6.45, 7) is 0. The molecule has 2 aromatic rings. The van der Waals surface area contributed by atoms with E-state index in [1.807, 2.05) is 0 Å². The SMILES string of the molecule is N=C(N)c1ccn2cnc(Cl)c2c1. The van der Waals surface area contributed by atoms with E-state index in [4.69, 9.17) is 22.7 Å². The summed E-state index contributed by atoms with van der Waals surface area (Å²) < 4.78 is 1.77. The predicted molar refractivity (Wildman–Crippen MR) is 51.2 cm³/mol. The Morgan fingerprint density at radius 1 is 1.62 bits per heavy atom. The van der Waals surface area contributed by atoms with Gasteiger partial charge in [-0.05, 0) is 12.1 Å². The number of hydrogen-bond acceptors (Lipinski definition) is 2. The fourth-order valence-corrected chi connectivity index (χ4v) is 1.32. The normalized spacial score (nSPS) is 10.5. The Morgan fingerprint density at radius 3 is 3.08 bits per heavy atom. The van der Waals surface area contributed by atoms with Crippen molar-refractivity contribution >= 4 is 23.0 Å². The van der Waals surface area contributed by atoms with Crippen LogP contribution >= 0.6 is 11.6 Å². The molecule has 0 aliphatic carbocycles. The van der Waals surface area contributed by atoms with Crippen molar-refractivity contribution in [3.63, 3.8) is 0 Å². The molecule has 0 atom stereocenters. The third kappa shape index (κ3) is 1.25. The molecule has 0 saturated heterocycles. The second-order valence-electron chi connectivity index (χ2n) is 2.66. The van der Waals surface area contributed by atoms with E-state index in [9.17, 15) is 0 Å². The van der Waals surface area contributed by atoms with E-state index in [0.717, 1.165) is 5.52 Å². The lowest BCUT2D eigenvalue weighted by molar-refractivity contribution is 1.15. The zero-order chi connectivity index (χ0) is 9.42. The highest BCUT2D eigenvalue weighted by Crippen LogP contribution is 2.15. The number of nitrogen functional groups attached to an aromatic ring is 1. The van der Waals surface area contributed by atoms with Crippen LogP contribution in [0.1, 0.15) is 5.56 Å². The van der Waals surface area contributed by atoms with Crippen LogP contribution in [-0.2, 0) is 0 Å². The molecule has 5 heteroatoms. The Kier molecular flexibility index (Phi) is 1.70. The Labute approximate surface area is 79.5 Å². The van der Waals surface area contributed by atoms with E-state index >= 15 is 0 Å². The Morgan fingerprint density at radius 2 is 2.38 bits per heavy atom. The largest absolute Gasteiger partial charge is 0.384 e. The summed E-state index contributed by atoms with van der Waals surface area (Å²) in [6, 6.07) is 3.48. The van der Waals surface area contributed by atoms with Crippen LogP contribution in [0.3, 0.4) is 0 Å². The molecule has 0 unspecified atom stereocenters. The number of aromatic nitrogens is 2. The van der Waals surface area contributed by atoms with Crippen LogP contribution in [0.2, 0.25) is 5.15 Å². The van der Waals surface area contributed by atoms with Crippen LogP contribution in [-0.4, -0.2) is 15.2 Å². The Hall–Kier alpha value is -1.55. The predicted octanol–water partition coefficient (Wildman–Crippen LogP) is 1.27. The standard InChI is InChI=1S/C8H7ClN4/c9-7-6-3-5(8(10)11)1-2-13(6)4-12-7/h1-4H,(H3,10,11). The first-order valence-corrected chi connectivity index (χ1v) is 4.03. The number of pyridine rings is 1. The second kappa shape index (κ2) is 2.74. The number of nitrogens with zero attached hydrogens (tertiary/aromatic N) is 2. The van der Waals surface area contributed by atoms with Gasteiger partial charge in [0.2, 0.25) is 0 Å². The minimum absolute atomic E-state index is 0.0276. The van der Waals surface area contributed by atoms with Gasteiger partial charge in [-0.25, -0.2) is 4.98 Å². The molecule has 0 radical (unpaired) electrons. The van der Waals surface area contributed by atoms with Gasteiger partial charge in [0, 0.05) is 11.8 Å². The van der Waals surface area contributed by atoms with E-state index in [2.05, 4.69) is 4.98 Å². The van der Waals surface area contributed by atoms with Crippen LogP contribution < -0.4 is 5.73 Å². The Balaban J connectivity index is 2.72. The van der Waals surface area contributed by atoms with Crippen molar-refractivity contribution in [3.8, 4) is 0 Å². The maximum Gasteiger partial charge on any atom is 0.154 e. The zero-order valence-corrected chi connectivity index (χ0v) is 7.42. The molecule has 2 rings (SSSR count). The van der Waals surface area contributed by atoms with Crippen LogP contribution in [0, 0.1) is 5.41 Å². The van der Waals surface area contributed by atoms with Gasteiger partial charge in [0.15, 0.2) is 5.15 Å². The van der Waals surface area contributed by atoms with Crippen LogP contribution in [0.25, 0.3) is 5.52 Å². The van der Waals surface area contributed by atoms with Crippen LogP contribution in [0.15, 0.2) is 24.7 Å². The first-order valence-electron chi connectivity index (χ1n) is 3.65. The van der Waals surface area contributed by atoms with Gasteiger partial charge in [0.05, 0.1) is 5.52 Å². The molecule has 66 valence electrons. The van der Waals surface area contributed by atoms with Gasteiger partial charge < -0.3 is 10.1 Å². The third-order valence-corrected chi connectivity index (χ3v) is 2.09. The van der Waals surface area contributed by atoms with E-state index in [1.54, 1.807) is 29.1 Å². The molecule has 3 N–H and O–H groups in total. The molecule has 2 aromatic heterocycles. The molecule has 0 saturated carbocycles. The summed E-state index contributed by atoms with van der Waals surface area (Å²) in [6.07, 6.45) is 3.38. The molecular weight excluding hydrogens is 188 g/mol. The van der Waals surface area contributed by atoms with Gasteiger partial charge in [0.25, 0.3) is 0 Å². The highest BCUT2D eigenvalue weighted by atomic mass is 35.5. The van der Waals surface area contributed by atoms with Gasteiger partial charge >= 0.3 is 0 Å². The molecule has 0 amide bonds. The number of halogens is 1. The highest BCUT2D eigenvalue weighted by Gasteiger charge is 2.03. The minimum atomic E-state index is 0.0276. The molecule has 0 aliphatic heterocycles. The second-order valence-corrected chi connectivity index (χ2v) is 3.01. The number of rotatable bonds is 1. The van der Waals surface area contributed by atoms with Crippen molar-refractivity contribution < 1.29 is 0 Å². The quantitative estimate of drug-likeness (QED) is 0.530. The van der Waals surface area contributed by atoms with Crippen molar-refractivity contribution in [2.45, 2.75) is 0 Å². The molecular formula is C8H7ClN4. The molecule has 0 aromatic carbocycles. The summed E-state index contributed by atoms with van der Waals surface area (Å²) in [5.74, 6) is 0.0276. The lowest BCUT2D eigenvalue weighted by atomic mass is 10.2. The zero-order valence-electron chi connectivity index (χ0n) is 6.66. The van der Waals surface area contributed by atoms with E-state index in [0.29, 0.717) is 10.7 Å².